The summed E-state index contributed by atoms with van der Waals surface area (Å²) in [5.41, 5.74) is 2.87. The molecule has 2 heterocycles. The van der Waals surface area contributed by atoms with Crippen LogP contribution in [0.5, 0.6) is 0 Å². The zero-order valence-electron chi connectivity index (χ0n) is 12.4. The number of nitrogens with zero attached hydrogens (tertiary/aromatic N) is 3. The predicted octanol–water partition coefficient (Wildman–Crippen LogP) is 3.06. The van der Waals surface area contributed by atoms with Crippen LogP contribution in [0.25, 0.3) is 11.4 Å². The molecule has 0 aliphatic heterocycles. The highest BCUT2D eigenvalue weighted by atomic mass is 32.1. The van der Waals surface area contributed by atoms with Crippen molar-refractivity contribution in [2.45, 2.75) is 25.7 Å². The number of carbonyl (C=O) groups excluding carboxylic acids is 1. The van der Waals surface area contributed by atoms with Gasteiger partial charge in [-0.2, -0.15) is 5.21 Å². The van der Waals surface area contributed by atoms with Crippen LogP contribution in [0.2, 0.25) is 0 Å². The van der Waals surface area contributed by atoms with Gasteiger partial charge in [0.05, 0.1) is 4.88 Å². The van der Waals surface area contributed by atoms with Crippen molar-refractivity contribution >= 4 is 22.9 Å². The van der Waals surface area contributed by atoms with Crippen LogP contribution in [0.15, 0.2) is 30.3 Å². The summed E-state index contributed by atoms with van der Waals surface area (Å²) in [6, 6.07) is 9.48. The number of aryl methyl sites for hydroxylation is 2. The molecule has 23 heavy (non-hydrogen) atoms. The molecule has 4 rings (SSSR count). The summed E-state index contributed by atoms with van der Waals surface area (Å²) >= 11 is 1.61. The van der Waals surface area contributed by atoms with Crippen LogP contribution < -0.4 is 5.32 Å². The molecule has 116 valence electrons. The van der Waals surface area contributed by atoms with Gasteiger partial charge in [-0.25, -0.2) is 0 Å². The lowest BCUT2D eigenvalue weighted by molar-refractivity contribution is 0.103. The second kappa shape index (κ2) is 5.92. The first-order valence-corrected chi connectivity index (χ1v) is 8.38. The molecule has 0 saturated heterocycles. The topological polar surface area (TPSA) is 83.6 Å². The average Bonchev–Trinajstić information content (AvgIpc) is 3.24. The minimum atomic E-state index is -0.0605. The summed E-state index contributed by atoms with van der Waals surface area (Å²) in [6.45, 7) is 0. The summed E-state index contributed by atoms with van der Waals surface area (Å²) in [5.74, 6) is 0.447. The number of hydrogen-bond acceptors (Lipinski definition) is 5. The monoisotopic (exact) mass is 325 g/mol. The third-order valence-corrected chi connectivity index (χ3v) is 5.18. The van der Waals surface area contributed by atoms with E-state index in [4.69, 9.17) is 0 Å². The number of nitrogens with one attached hydrogen (secondary N) is 2. The molecule has 0 fully saturated rings. The van der Waals surface area contributed by atoms with Gasteiger partial charge in [0.2, 0.25) is 5.82 Å². The first kappa shape index (κ1) is 14.1. The molecule has 7 heteroatoms. The van der Waals surface area contributed by atoms with Crippen molar-refractivity contribution in [1.82, 2.24) is 20.6 Å². The van der Waals surface area contributed by atoms with Crippen molar-refractivity contribution in [3.8, 4) is 11.4 Å². The molecule has 2 N–H and O–H groups in total. The van der Waals surface area contributed by atoms with Gasteiger partial charge in [-0.1, -0.05) is 12.1 Å². The molecule has 0 atom stereocenters. The molecule has 2 aromatic heterocycles. The lowest BCUT2D eigenvalue weighted by Crippen LogP contribution is -2.10. The second-order valence-electron chi connectivity index (χ2n) is 5.54. The van der Waals surface area contributed by atoms with E-state index in [1.807, 2.05) is 30.3 Å². The number of H-pyrrole nitrogens is 1. The lowest BCUT2D eigenvalue weighted by Gasteiger charge is -2.08. The van der Waals surface area contributed by atoms with Gasteiger partial charge in [0.15, 0.2) is 0 Å². The largest absolute Gasteiger partial charge is 0.321 e. The van der Waals surface area contributed by atoms with E-state index < -0.39 is 0 Å². The van der Waals surface area contributed by atoms with Gasteiger partial charge in [-0.15, -0.1) is 21.5 Å². The number of benzene rings is 1. The van der Waals surface area contributed by atoms with E-state index in [9.17, 15) is 4.79 Å². The first-order valence-electron chi connectivity index (χ1n) is 7.56. The number of aromatic amines is 1. The average molecular weight is 325 g/mol. The van der Waals surface area contributed by atoms with E-state index in [-0.39, 0.29) is 5.91 Å². The van der Waals surface area contributed by atoms with Crippen molar-refractivity contribution < 1.29 is 4.79 Å². The smallest absolute Gasteiger partial charge is 0.265 e. The molecule has 0 saturated carbocycles. The number of fused-ring (bicyclic) bond motifs is 1. The number of tetrazole rings is 1. The molecular weight excluding hydrogens is 310 g/mol. The number of carbonyl (C=O) groups is 1. The standard InChI is InChI=1S/C16H15N5OS/c22-16(14-9-10-4-1-2-7-13(10)23-14)17-12-6-3-5-11(8-12)15-18-20-21-19-15/h3,5-6,8-9H,1-2,4,7H2,(H,17,22)(H,18,19,20,21). The number of hydrogen-bond donors (Lipinski definition) is 2. The Kier molecular flexibility index (Phi) is 3.63. The third-order valence-electron chi connectivity index (χ3n) is 3.94. The van der Waals surface area contributed by atoms with Crippen LogP contribution in [0.4, 0.5) is 5.69 Å². The van der Waals surface area contributed by atoms with E-state index in [0.29, 0.717) is 5.82 Å². The maximum atomic E-state index is 12.5. The number of anilines is 1. The number of aromatic nitrogens is 4. The van der Waals surface area contributed by atoms with Crippen LogP contribution >= 0.6 is 11.3 Å². The predicted molar refractivity (Wildman–Crippen MR) is 88.5 cm³/mol. The van der Waals surface area contributed by atoms with Gasteiger partial charge in [0, 0.05) is 16.1 Å². The summed E-state index contributed by atoms with van der Waals surface area (Å²) in [5, 5.41) is 16.8. The molecule has 3 aromatic rings. The summed E-state index contributed by atoms with van der Waals surface area (Å²) < 4.78 is 0. The van der Waals surface area contributed by atoms with Crippen LogP contribution in [0, 0.1) is 0 Å². The Morgan fingerprint density at radius 3 is 2.96 bits per heavy atom. The highest BCUT2D eigenvalue weighted by Crippen LogP contribution is 2.30. The summed E-state index contributed by atoms with van der Waals surface area (Å²) in [7, 11) is 0. The Morgan fingerprint density at radius 2 is 2.13 bits per heavy atom. The quantitative estimate of drug-likeness (QED) is 0.775. The number of thiophene rings is 1. The highest BCUT2D eigenvalue weighted by Gasteiger charge is 2.17. The Morgan fingerprint density at radius 1 is 1.22 bits per heavy atom. The summed E-state index contributed by atoms with van der Waals surface area (Å²) in [6.07, 6.45) is 4.63. The van der Waals surface area contributed by atoms with Crippen molar-refractivity contribution in [2.75, 3.05) is 5.32 Å². The Labute approximate surface area is 136 Å². The highest BCUT2D eigenvalue weighted by molar-refractivity contribution is 7.14. The Hall–Kier alpha value is -2.54. The molecule has 1 aromatic carbocycles. The Bertz CT molecular complexity index is 817. The van der Waals surface area contributed by atoms with E-state index in [0.717, 1.165) is 29.0 Å². The molecule has 0 bridgehead atoms. The minimum absolute atomic E-state index is 0.0605. The lowest BCUT2D eigenvalue weighted by atomic mass is 9.99. The van der Waals surface area contributed by atoms with Crippen LogP contribution in [0.3, 0.4) is 0 Å². The van der Waals surface area contributed by atoms with Crippen LogP contribution in [-0.4, -0.2) is 26.5 Å². The fourth-order valence-corrected chi connectivity index (χ4v) is 3.96. The van der Waals surface area contributed by atoms with Gasteiger partial charge < -0.3 is 5.32 Å². The van der Waals surface area contributed by atoms with Crippen molar-refractivity contribution in [2.24, 2.45) is 0 Å². The van der Waals surface area contributed by atoms with Gasteiger partial charge in [-0.05, 0) is 54.7 Å². The molecular formula is C16H15N5OS. The van der Waals surface area contributed by atoms with Crippen molar-refractivity contribution in [3.63, 3.8) is 0 Å². The fraction of sp³-hybridized carbons (Fsp3) is 0.250. The van der Waals surface area contributed by atoms with Gasteiger partial charge in [0.1, 0.15) is 0 Å². The molecule has 1 aliphatic rings. The van der Waals surface area contributed by atoms with Crippen molar-refractivity contribution in [3.05, 3.63) is 45.6 Å². The summed E-state index contributed by atoms with van der Waals surface area (Å²) in [4.78, 5) is 14.6. The third kappa shape index (κ3) is 2.87. The first-order chi connectivity index (χ1) is 11.3. The molecule has 0 radical (unpaired) electrons. The zero-order valence-corrected chi connectivity index (χ0v) is 13.2. The van der Waals surface area contributed by atoms with Crippen molar-refractivity contribution in [1.29, 1.82) is 0 Å². The normalized spacial score (nSPS) is 13.6. The van der Waals surface area contributed by atoms with Gasteiger partial charge in [-0.3, -0.25) is 4.79 Å². The van der Waals surface area contributed by atoms with E-state index in [1.165, 1.54) is 23.3 Å². The molecule has 1 aliphatic carbocycles. The molecule has 1 amide bonds. The fourth-order valence-electron chi connectivity index (χ4n) is 2.82. The van der Waals surface area contributed by atoms with Gasteiger partial charge in [0.25, 0.3) is 5.91 Å². The molecule has 0 unspecified atom stereocenters. The van der Waals surface area contributed by atoms with Crippen LogP contribution in [-0.2, 0) is 12.8 Å². The van der Waals surface area contributed by atoms with E-state index in [1.54, 1.807) is 11.3 Å². The number of rotatable bonds is 3. The maximum absolute atomic E-state index is 12.5. The second-order valence-corrected chi connectivity index (χ2v) is 6.67. The molecule has 6 nitrogen and oxygen atoms in total. The maximum Gasteiger partial charge on any atom is 0.265 e. The zero-order chi connectivity index (χ0) is 15.6. The van der Waals surface area contributed by atoms with Crippen LogP contribution in [0.1, 0.15) is 33.0 Å². The number of amides is 1. The molecule has 0 spiro atoms. The van der Waals surface area contributed by atoms with Gasteiger partial charge >= 0.3 is 0 Å². The SMILES string of the molecule is O=C(Nc1cccc(-c2nn[nH]n2)c1)c1cc2c(s1)CCCC2. The Balaban J connectivity index is 1.54. The minimum Gasteiger partial charge on any atom is -0.321 e. The van der Waals surface area contributed by atoms with E-state index >= 15 is 0 Å². The van der Waals surface area contributed by atoms with E-state index in [2.05, 4.69) is 25.9 Å².